The number of amides is 2. The second kappa shape index (κ2) is 9.25. The molecule has 4 nitrogen and oxygen atoms in total. The Bertz CT molecular complexity index is 856. The number of aryl methyl sites for hydroxylation is 1. The summed E-state index contributed by atoms with van der Waals surface area (Å²) in [6.45, 7) is 0.583. The van der Waals surface area contributed by atoms with Gasteiger partial charge in [-0.2, -0.15) is 0 Å². The van der Waals surface area contributed by atoms with Crippen LogP contribution in [0.25, 0.3) is 0 Å². The SMILES string of the molecule is O=C(CCC1CCCCC1)Nc1ccc2c(c1)CCC(=O)N2Cc1ccccc1. The van der Waals surface area contributed by atoms with Crippen LogP contribution in [0.5, 0.6) is 0 Å². The summed E-state index contributed by atoms with van der Waals surface area (Å²) in [7, 11) is 0. The van der Waals surface area contributed by atoms with Crippen LogP contribution >= 0.6 is 0 Å². The van der Waals surface area contributed by atoms with Gasteiger partial charge < -0.3 is 10.2 Å². The third-order valence-electron chi connectivity index (χ3n) is 6.25. The van der Waals surface area contributed by atoms with Crippen LogP contribution in [-0.2, 0) is 22.6 Å². The predicted octanol–water partition coefficient (Wildman–Crippen LogP) is 5.47. The minimum Gasteiger partial charge on any atom is -0.326 e. The molecule has 152 valence electrons. The molecule has 0 saturated heterocycles. The number of hydrogen-bond acceptors (Lipinski definition) is 2. The van der Waals surface area contributed by atoms with E-state index in [4.69, 9.17) is 0 Å². The molecule has 1 N–H and O–H groups in total. The lowest BCUT2D eigenvalue weighted by molar-refractivity contribution is -0.119. The summed E-state index contributed by atoms with van der Waals surface area (Å²) in [5.41, 5.74) is 4.05. The summed E-state index contributed by atoms with van der Waals surface area (Å²) in [5.74, 6) is 0.977. The predicted molar refractivity (Wildman–Crippen MR) is 117 cm³/mol. The number of carbonyl (C=O) groups excluding carboxylic acids is 2. The highest BCUT2D eigenvalue weighted by Gasteiger charge is 2.24. The molecule has 0 spiro atoms. The fourth-order valence-electron chi connectivity index (χ4n) is 4.61. The van der Waals surface area contributed by atoms with Gasteiger partial charge in [0.25, 0.3) is 0 Å². The van der Waals surface area contributed by atoms with Gasteiger partial charge in [-0.1, -0.05) is 62.4 Å². The maximum Gasteiger partial charge on any atom is 0.227 e. The summed E-state index contributed by atoms with van der Waals surface area (Å²) < 4.78 is 0. The van der Waals surface area contributed by atoms with E-state index in [2.05, 4.69) is 5.32 Å². The molecule has 2 aromatic rings. The van der Waals surface area contributed by atoms with E-state index in [1.165, 1.54) is 32.1 Å². The van der Waals surface area contributed by atoms with Crippen LogP contribution < -0.4 is 10.2 Å². The number of anilines is 2. The molecule has 1 aliphatic carbocycles. The van der Waals surface area contributed by atoms with E-state index < -0.39 is 0 Å². The first kappa shape index (κ1) is 19.7. The average Bonchev–Trinajstić information content (AvgIpc) is 2.76. The molecule has 0 unspecified atom stereocenters. The minimum atomic E-state index is 0.101. The van der Waals surface area contributed by atoms with Crippen LogP contribution in [0.2, 0.25) is 0 Å². The smallest absolute Gasteiger partial charge is 0.227 e. The van der Waals surface area contributed by atoms with Crippen molar-refractivity contribution in [3.8, 4) is 0 Å². The second-order valence-corrected chi connectivity index (χ2v) is 8.40. The maximum atomic E-state index is 12.5. The van der Waals surface area contributed by atoms with Gasteiger partial charge in [-0.15, -0.1) is 0 Å². The third kappa shape index (κ3) is 5.06. The van der Waals surface area contributed by atoms with Gasteiger partial charge in [0.1, 0.15) is 0 Å². The first-order chi connectivity index (χ1) is 14.2. The third-order valence-corrected chi connectivity index (χ3v) is 6.25. The highest BCUT2D eigenvalue weighted by atomic mass is 16.2. The Morgan fingerprint density at radius 1 is 1.00 bits per heavy atom. The number of hydrogen-bond donors (Lipinski definition) is 1. The molecule has 0 aromatic heterocycles. The van der Waals surface area contributed by atoms with Crippen LogP contribution in [0.4, 0.5) is 11.4 Å². The van der Waals surface area contributed by atoms with Crippen molar-refractivity contribution in [2.75, 3.05) is 10.2 Å². The molecule has 2 aromatic carbocycles. The zero-order valence-corrected chi connectivity index (χ0v) is 17.0. The van der Waals surface area contributed by atoms with Gasteiger partial charge in [0, 0.05) is 24.2 Å². The van der Waals surface area contributed by atoms with Gasteiger partial charge in [0.15, 0.2) is 0 Å². The van der Waals surface area contributed by atoms with Gasteiger partial charge in [-0.25, -0.2) is 0 Å². The van der Waals surface area contributed by atoms with Gasteiger partial charge in [0.2, 0.25) is 11.8 Å². The van der Waals surface area contributed by atoms with E-state index in [1.54, 1.807) is 0 Å². The summed E-state index contributed by atoms with van der Waals surface area (Å²) in [6, 6.07) is 16.0. The summed E-state index contributed by atoms with van der Waals surface area (Å²) >= 11 is 0. The summed E-state index contributed by atoms with van der Waals surface area (Å²) in [4.78, 5) is 26.8. The van der Waals surface area contributed by atoms with Crippen LogP contribution in [0.15, 0.2) is 48.5 Å². The molecule has 0 atom stereocenters. The standard InChI is InChI=1S/C25H30N2O2/c28-24(15-11-19-7-3-1-4-8-19)26-22-13-14-23-21(17-22)12-16-25(29)27(23)18-20-9-5-2-6-10-20/h2,5-6,9-10,13-14,17,19H,1,3-4,7-8,11-12,15-16,18H2,(H,26,28). The van der Waals surface area contributed by atoms with Crippen LogP contribution in [-0.4, -0.2) is 11.8 Å². The number of carbonyl (C=O) groups is 2. The highest BCUT2D eigenvalue weighted by Crippen LogP contribution is 2.32. The van der Waals surface area contributed by atoms with Gasteiger partial charge in [0.05, 0.1) is 6.54 Å². The van der Waals surface area contributed by atoms with E-state index in [0.29, 0.717) is 19.4 Å². The lowest BCUT2D eigenvalue weighted by Crippen LogP contribution is -2.34. The monoisotopic (exact) mass is 390 g/mol. The van der Waals surface area contributed by atoms with E-state index >= 15 is 0 Å². The number of benzene rings is 2. The molecule has 1 saturated carbocycles. The molecule has 1 fully saturated rings. The Morgan fingerprint density at radius 3 is 2.59 bits per heavy atom. The molecule has 1 heterocycles. The molecular weight excluding hydrogens is 360 g/mol. The van der Waals surface area contributed by atoms with E-state index in [9.17, 15) is 9.59 Å². The maximum absolute atomic E-state index is 12.5. The Hall–Kier alpha value is -2.62. The van der Waals surface area contributed by atoms with Crippen molar-refractivity contribution >= 4 is 23.2 Å². The van der Waals surface area contributed by atoms with Gasteiger partial charge in [-0.3, -0.25) is 9.59 Å². The lowest BCUT2D eigenvalue weighted by atomic mass is 9.86. The molecule has 2 aliphatic rings. The summed E-state index contributed by atoms with van der Waals surface area (Å²) in [6.07, 6.45) is 9.36. The molecular formula is C25H30N2O2. The molecule has 0 radical (unpaired) electrons. The van der Waals surface area contributed by atoms with E-state index in [-0.39, 0.29) is 11.8 Å². The molecule has 1 aliphatic heterocycles. The fraction of sp³-hybridized carbons (Fsp3) is 0.440. The van der Waals surface area contributed by atoms with Crippen molar-refractivity contribution in [2.45, 2.75) is 64.3 Å². The second-order valence-electron chi connectivity index (χ2n) is 8.40. The molecule has 2 amide bonds. The van der Waals surface area contributed by atoms with Crippen molar-refractivity contribution < 1.29 is 9.59 Å². The lowest BCUT2D eigenvalue weighted by Gasteiger charge is -2.30. The van der Waals surface area contributed by atoms with Crippen molar-refractivity contribution in [2.24, 2.45) is 5.92 Å². The van der Waals surface area contributed by atoms with E-state index in [1.807, 2.05) is 53.4 Å². The summed E-state index contributed by atoms with van der Waals surface area (Å²) in [5, 5.41) is 3.06. The Balaban J connectivity index is 1.39. The van der Waals surface area contributed by atoms with Crippen molar-refractivity contribution in [3.63, 3.8) is 0 Å². The van der Waals surface area contributed by atoms with Gasteiger partial charge >= 0.3 is 0 Å². The molecule has 0 bridgehead atoms. The Morgan fingerprint density at radius 2 is 1.79 bits per heavy atom. The molecule has 4 heteroatoms. The van der Waals surface area contributed by atoms with Crippen LogP contribution in [0.1, 0.15) is 62.5 Å². The molecule has 29 heavy (non-hydrogen) atoms. The zero-order chi connectivity index (χ0) is 20.1. The first-order valence-corrected chi connectivity index (χ1v) is 11.0. The van der Waals surface area contributed by atoms with Crippen molar-refractivity contribution in [1.82, 2.24) is 0 Å². The average molecular weight is 391 g/mol. The number of nitrogens with zero attached hydrogens (tertiary/aromatic N) is 1. The van der Waals surface area contributed by atoms with Gasteiger partial charge in [-0.05, 0) is 48.1 Å². The van der Waals surface area contributed by atoms with E-state index in [0.717, 1.165) is 41.3 Å². The number of fused-ring (bicyclic) bond motifs is 1. The topological polar surface area (TPSA) is 49.4 Å². The highest BCUT2D eigenvalue weighted by molar-refractivity contribution is 5.97. The van der Waals surface area contributed by atoms with Crippen LogP contribution in [0.3, 0.4) is 0 Å². The van der Waals surface area contributed by atoms with Crippen molar-refractivity contribution in [3.05, 3.63) is 59.7 Å². The van der Waals surface area contributed by atoms with Crippen molar-refractivity contribution in [1.29, 1.82) is 0 Å². The Kier molecular flexibility index (Phi) is 6.28. The molecule has 4 rings (SSSR count). The zero-order valence-electron chi connectivity index (χ0n) is 17.0. The first-order valence-electron chi connectivity index (χ1n) is 11.0. The fourth-order valence-corrected chi connectivity index (χ4v) is 4.61. The quantitative estimate of drug-likeness (QED) is 0.711. The minimum absolute atomic E-state index is 0.101. The number of rotatable bonds is 6. The largest absolute Gasteiger partial charge is 0.326 e. The van der Waals surface area contributed by atoms with Crippen LogP contribution in [0, 0.1) is 5.92 Å². The Labute approximate surface area is 173 Å². The number of nitrogens with one attached hydrogen (secondary N) is 1. The normalized spacial score (nSPS) is 17.1.